The Kier molecular flexibility index (Phi) is 9.06. The van der Waals surface area contributed by atoms with Gasteiger partial charge in [0.15, 0.2) is 0 Å². The second kappa shape index (κ2) is 13.0. The molecule has 46 heavy (non-hydrogen) atoms. The molecule has 0 unspecified atom stereocenters. The molecule has 3 fully saturated rings. The van der Waals surface area contributed by atoms with Crippen LogP contribution in [-0.2, 0) is 21.4 Å². The number of aromatic amines is 1. The number of esters is 1. The number of aryl methyl sites for hydroxylation is 2. The number of pyridine rings is 1. The van der Waals surface area contributed by atoms with Crippen molar-refractivity contribution in [2.75, 3.05) is 26.7 Å². The number of hydrogen-bond donors (Lipinski definition) is 2. The molecule has 3 aliphatic rings. The van der Waals surface area contributed by atoms with Gasteiger partial charge in [0.25, 0.3) is 0 Å². The number of fused-ring (bicyclic) bond motifs is 4. The first-order valence-electron chi connectivity index (χ1n) is 16.8. The molecule has 0 spiro atoms. The summed E-state index contributed by atoms with van der Waals surface area (Å²) >= 11 is 0. The number of aromatic nitrogens is 2. The normalized spacial score (nSPS) is 18.6. The predicted molar refractivity (Wildman–Crippen MR) is 184 cm³/mol. The van der Waals surface area contributed by atoms with Gasteiger partial charge in [-0.1, -0.05) is 36.2 Å². The number of nitrogens with one attached hydrogen (secondary N) is 2. The molecular weight excluding hydrogens is 572 g/mol. The van der Waals surface area contributed by atoms with Crippen molar-refractivity contribution < 1.29 is 14.3 Å². The lowest BCUT2D eigenvalue weighted by Gasteiger charge is -2.47. The number of piperidine rings is 2. The minimum Gasteiger partial charge on any atom is -0.465 e. The van der Waals surface area contributed by atoms with Crippen LogP contribution >= 0.6 is 0 Å². The topological polar surface area (TPSA) is 87.3 Å². The third-order valence-corrected chi connectivity index (χ3v) is 10.3. The summed E-state index contributed by atoms with van der Waals surface area (Å²) in [6.45, 7) is 13.1. The van der Waals surface area contributed by atoms with E-state index in [1.165, 1.54) is 47.8 Å². The van der Waals surface area contributed by atoms with E-state index in [0.29, 0.717) is 17.5 Å². The highest BCUT2D eigenvalue weighted by molar-refractivity contribution is 5.94. The lowest BCUT2D eigenvalue weighted by Crippen LogP contribution is -2.55. The van der Waals surface area contributed by atoms with E-state index in [1.54, 1.807) is 0 Å². The molecule has 2 aromatic heterocycles. The Hall–Kier alpha value is -3.97. The average molecular weight is 621 g/mol. The fraction of sp³-hybridized carbons (Fsp3) is 0.462. The monoisotopic (exact) mass is 620 g/mol. The number of hydrogen-bond acceptors (Lipinski definition) is 5. The van der Waals surface area contributed by atoms with Crippen LogP contribution in [0.15, 0.2) is 54.7 Å². The fourth-order valence-electron chi connectivity index (χ4n) is 7.68. The Morgan fingerprint density at radius 3 is 2.37 bits per heavy atom. The zero-order valence-electron chi connectivity index (χ0n) is 28.2. The molecule has 4 heterocycles. The van der Waals surface area contributed by atoms with Gasteiger partial charge in [-0.15, -0.1) is 0 Å². The summed E-state index contributed by atoms with van der Waals surface area (Å²) in [6.07, 6.45) is 7.54. The van der Waals surface area contributed by atoms with Gasteiger partial charge in [0.1, 0.15) is 0 Å². The van der Waals surface area contributed by atoms with Crippen LogP contribution in [0.25, 0.3) is 22.2 Å². The van der Waals surface area contributed by atoms with Crippen molar-refractivity contribution in [3.8, 4) is 11.3 Å². The first-order valence-corrected chi connectivity index (χ1v) is 16.8. The molecule has 2 bridgehead atoms. The van der Waals surface area contributed by atoms with E-state index in [4.69, 9.17) is 9.72 Å². The SMILES string of the molecule is COC(=O)c1ccc(CCNC[C@@H](C)c2c(-c3cc(C)cc(C)c3)[nH]c3cnc(C(C)(C)C(=O)N4CC5CCC4CC5)cc23)cc1. The molecule has 7 heteroatoms. The van der Waals surface area contributed by atoms with E-state index < -0.39 is 5.41 Å². The van der Waals surface area contributed by atoms with Crippen LogP contribution in [0, 0.1) is 19.8 Å². The molecule has 1 saturated carbocycles. The Morgan fingerprint density at radius 1 is 1.04 bits per heavy atom. The van der Waals surface area contributed by atoms with Gasteiger partial charge in [-0.25, -0.2) is 4.79 Å². The van der Waals surface area contributed by atoms with E-state index in [9.17, 15) is 9.59 Å². The van der Waals surface area contributed by atoms with E-state index in [1.807, 2.05) is 44.3 Å². The number of H-pyrrole nitrogens is 1. The van der Waals surface area contributed by atoms with Crippen LogP contribution < -0.4 is 5.32 Å². The number of benzene rings is 2. The third kappa shape index (κ3) is 6.35. The van der Waals surface area contributed by atoms with Gasteiger partial charge in [0.2, 0.25) is 5.91 Å². The molecule has 1 aliphatic carbocycles. The lowest BCUT2D eigenvalue weighted by atomic mass is 9.77. The molecule has 0 radical (unpaired) electrons. The van der Waals surface area contributed by atoms with Crippen LogP contribution in [-0.4, -0.2) is 59.5 Å². The number of amides is 1. The van der Waals surface area contributed by atoms with Crippen molar-refractivity contribution in [1.29, 1.82) is 0 Å². The maximum absolute atomic E-state index is 14.1. The second-order valence-corrected chi connectivity index (χ2v) is 14.2. The van der Waals surface area contributed by atoms with E-state index in [-0.39, 0.29) is 17.8 Å². The number of rotatable bonds is 10. The average Bonchev–Trinajstić information content (AvgIpc) is 3.45. The summed E-state index contributed by atoms with van der Waals surface area (Å²) in [5, 5.41) is 4.81. The van der Waals surface area contributed by atoms with Gasteiger partial charge >= 0.3 is 5.97 Å². The predicted octanol–water partition coefficient (Wildman–Crippen LogP) is 7.25. The van der Waals surface area contributed by atoms with Crippen LogP contribution in [0.3, 0.4) is 0 Å². The van der Waals surface area contributed by atoms with Crippen molar-refractivity contribution >= 4 is 22.8 Å². The van der Waals surface area contributed by atoms with Gasteiger partial charge in [0.05, 0.1) is 41.2 Å². The Morgan fingerprint density at radius 2 is 1.74 bits per heavy atom. The number of carbonyl (C=O) groups is 2. The van der Waals surface area contributed by atoms with Crippen molar-refractivity contribution in [1.82, 2.24) is 20.2 Å². The third-order valence-electron chi connectivity index (χ3n) is 10.3. The summed E-state index contributed by atoms with van der Waals surface area (Å²) in [4.78, 5) is 36.6. The Balaban J connectivity index is 1.27. The lowest BCUT2D eigenvalue weighted by molar-refractivity contribution is -0.144. The number of carbonyl (C=O) groups excluding carboxylic acids is 2. The summed E-state index contributed by atoms with van der Waals surface area (Å²) in [5.74, 6) is 0.721. The van der Waals surface area contributed by atoms with Gasteiger partial charge in [0, 0.05) is 24.5 Å². The highest BCUT2D eigenvalue weighted by atomic mass is 16.5. The van der Waals surface area contributed by atoms with Gasteiger partial charge < -0.3 is 19.9 Å². The fourth-order valence-corrected chi connectivity index (χ4v) is 7.68. The molecule has 4 aromatic rings. The van der Waals surface area contributed by atoms with E-state index in [2.05, 4.69) is 60.2 Å². The Labute approximate surface area is 273 Å². The molecular formula is C39H48N4O3. The van der Waals surface area contributed by atoms with Crippen molar-refractivity contribution in [3.63, 3.8) is 0 Å². The molecule has 2 aliphatic heterocycles. The van der Waals surface area contributed by atoms with Gasteiger partial charge in [-0.05, 0) is 125 Å². The highest BCUT2D eigenvalue weighted by Crippen LogP contribution is 2.40. The molecule has 2 aromatic carbocycles. The summed E-state index contributed by atoms with van der Waals surface area (Å²) in [6, 6.07) is 16.8. The molecule has 1 amide bonds. The van der Waals surface area contributed by atoms with Gasteiger partial charge in [-0.3, -0.25) is 9.78 Å². The minimum absolute atomic E-state index is 0.193. The minimum atomic E-state index is -0.717. The summed E-state index contributed by atoms with van der Waals surface area (Å²) in [7, 11) is 1.40. The van der Waals surface area contributed by atoms with Crippen LogP contribution in [0.5, 0.6) is 0 Å². The molecule has 1 atom stereocenters. The molecule has 7 rings (SSSR count). The van der Waals surface area contributed by atoms with Crippen LogP contribution in [0.1, 0.15) is 90.7 Å². The Bertz CT molecular complexity index is 1710. The zero-order valence-corrected chi connectivity index (χ0v) is 28.2. The number of methoxy groups -OCH3 is 1. The highest BCUT2D eigenvalue weighted by Gasteiger charge is 2.43. The van der Waals surface area contributed by atoms with Crippen molar-refractivity contribution in [2.24, 2.45) is 5.92 Å². The second-order valence-electron chi connectivity index (χ2n) is 14.2. The molecule has 7 nitrogen and oxygen atoms in total. The standard InChI is InChI=1S/C39H48N4O3/c1-24-17-25(2)19-30(18-24)36-35(26(3)21-40-16-15-27-7-11-29(12-8-27)37(44)46-6)32-20-34(41-22-33(32)42-36)39(4,5)38(45)43-23-28-9-13-31(43)14-10-28/h7-8,11-12,17-20,22,26,28,31,40,42H,9-10,13-16,21,23H2,1-6H3/t26-,28?,31?/m1/s1. The van der Waals surface area contributed by atoms with Crippen molar-refractivity contribution in [2.45, 2.75) is 84.1 Å². The molecule has 2 N–H and O–H groups in total. The zero-order chi connectivity index (χ0) is 32.6. The van der Waals surface area contributed by atoms with Crippen LogP contribution in [0.2, 0.25) is 0 Å². The first-order chi connectivity index (χ1) is 22.0. The maximum atomic E-state index is 14.1. The van der Waals surface area contributed by atoms with Gasteiger partial charge in [-0.2, -0.15) is 0 Å². The smallest absolute Gasteiger partial charge is 0.337 e. The first kappa shape index (κ1) is 32.0. The summed E-state index contributed by atoms with van der Waals surface area (Å²) in [5.41, 5.74) is 8.82. The molecule has 242 valence electrons. The number of ether oxygens (including phenoxy) is 1. The largest absolute Gasteiger partial charge is 0.465 e. The summed E-state index contributed by atoms with van der Waals surface area (Å²) < 4.78 is 4.82. The van der Waals surface area contributed by atoms with E-state index in [0.717, 1.165) is 61.2 Å². The number of nitrogens with zero attached hydrogens (tertiary/aromatic N) is 2. The van der Waals surface area contributed by atoms with Crippen molar-refractivity contribution in [3.05, 3.63) is 88.2 Å². The van der Waals surface area contributed by atoms with E-state index >= 15 is 0 Å². The van der Waals surface area contributed by atoms with Crippen LogP contribution in [0.4, 0.5) is 0 Å². The quantitative estimate of drug-likeness (QED) is 0.144. The molecule has 2 saturated heterocycles. The maximum Gasteiger partial charge on any atom is 0.337 e.